The van der Waals surface area contributed by atoms with Crippen LogP contribution < -0.4 is 15.5 Å². The van der Waals surface area contributed by atoms with Crippen LogP contribution in [0.3, 0.4) is 0 Å². The minimum atomic E-state index is -0.222. The monoisotopic (exact) mass is 411 g/mol. The van der Waals surface area contributed by atoms with E-state index in [0.717, 1.165) is 5.69 Å². The molecular formula is C21H25N5O4. The van der Waals surface area contributed by atoms with E-state index in [9.17, 15) is 14.4 Å². The Bertz CT molecular complexity index is 978. The molecule has 0 radical (unpaired) electrons. The SMILES string of the molecule is Cc1cc(C(=O)N2CCN(C(=O)Nc3cccc(N4CCNC4=O)c3)CC2)c(C)o1. The summed E-state index contributed by atoms with van der Waals surface area (Å²) in [5.41, 5.74) is 1.94. The second-order valence-electron chi connectivity index (χ2n) is 7.47. The van der Waals surface area contributed by atoms with Crippen LogP contribution in [0.4, 0.5) is 21.0 Å². The van der Waals surface area contributed by atoms with Crippen LogP contribution in [0.5, 0.6) is 0 Å². The molecule has 0 bridgehead atoms. The molecule has 1 aromatic heterocycles. The van der Waals surface area contributed by atoms with Crippen molar-refractivity contribution in [2.24, 2.45) is 0 Å². The standard InChI is InChI=1S/C21H25N5O4/c1-14-12-18(15(2)30-14)19(27)24-8-10-25(11-9-24)21(29)23-16-4-3-5-17(13-16)26-7-6-22-20(26)28/h3-5,12-13H,6-11H2,1-2H3,(H,22,28)(H,23,29). The fourth-order valence-electron chi connectivity index (χ4n) is 3.80. The van der Waals surface area contributed by atoms with Crippen molar-refractivity contribution in [1.82, 2.24) is 15.1 Å². The third kappa shape index (κ3) is 3.96. The van der Waals surface area contributed by atoms with Crippen LogP contribution in [0.2, 0.25) is 0 Å². The number of piperazine rings is 1. The van der Waals surface area contributed by atoms with Crippen molar-refractivity contribution in [1.29, 1.82) is 0 Å². The molecule has 9 heteroatoms. The number of benzene rings is 1. The fraction of sp³-hybridized carbons (Fsp3) is 0.381. The summed E-state index contributed by atoms with van der Waals surface area (Å²) in [6.45, 7) is 6.62. The molecule has 30 heavy (non-hydrogen) atoms. The Hall–Kier alpha value is -3.49. The number of hydrogen-bond donors (Lipinski definition) is 2. The summed E-state index contributed by atoms with van der Waals surface area (Å²) >= 11 is 0. The zero-order valence-corrected chi connectivity index (χ0v) is 17.1. The maximum Gasteiger partial charge on any atom is 0.321 e. The van der Waals surface area contributed by atoms with Gasteiger partial charge in [-0.1, -0.05) is 6.07 Å². The van der Waals surface area contributed by atoms with Gasteiger partial charge in [-0.25, -0.2) is 9.59 Å². The van der Waals surface area contributed by atoms with Crippen molar-refractivity contribution in [3.8, 4) is 0 Å². The minimum Gasteiger partial charge on any atom is -0.466 e. The van der Waals surface area contributed by atoms with Crippen LogP contribution in [-0.2, 0) is 0 Å². The Morgan fingerprint density at radius 3 is 2.40 bits per heavy atom. The lowest BCUT2D eigenvalue weighted by atomic mass is 10.2. The number of furan rings is 1. The van der Waals surface area contributed by atoms with Gasteiger partial charge >= 0.3 is 12.1 Å². The van der Waals surface area contributed by atoms with E-state index >= 15 is 0 Å². The molecule has 0 spiro atoms. The fourth-order valence-corrected chi connectivity index (χ4v) is 3.80. The van der Waals surface area contributed by atoms with Gasteiger partial charge in [0.2, 0.25) is 0 Å². The largest absolute Gasteiger partial charge is 0.466 e. The first kappa shape index (κ1) is 19.8. The van der Waals surface area contributed by atoms with Gasteiger partial charge < -0.3 is 24.9 Å². The number of carbonyl (C=O) groups excluding carboxylic acids is 3. The normalized spacial score (nSPS) is 16.6. The highest BCUT2D eigenvalue weighted by Gasteiger charge is 2.27. The van der Waals surface area contributed by atoms with E-state index in [1.807, 2.05) is 19.1 Å². The zero-order valence-electron chi connectivity index (χ0n) is 17.1. The van der Waals surface area contributed by atoms with E-state index in [-0.39, 0.29) is 18.0 Å². The first-order chi connectivity index (χ1) is 14.4. The molecule has 0 saturated carbocycles. The van der Waals surface area contributed by atoms with E-state index < -0.39 is 0 Å². The molecule has 2 saturated heterocycles. The van der Waals surface area contributed by atoms with E-state index in [4.69, 9.17) is 4.42 Å². The maximum atomic E-state index is 12.7. The molecular weight excluding hydrogens is 386 g/mol. The number of urea groups is 2. The predicted molar refractivity (Wildman–Crippen MR) is 112 cm³/mol. The highest BCUT2D eigenvalue weighted by molar-refractivity contribution is 5.97. The Morgan fingerprint density at radius 1 is 1.03 bits per heavy atom. The number of amides is 5. The molecule has 1 aromatic carbocycles. The third-order valence-electron chi connectivity index (χ3n) is 5.39. The summed E-state index contributed by atoms with van der Waals surface area (Å²) < 4.78 is 5.45. The molecule has 0 aliphatic carbocycles. The summed E-state index contributed by atoms with van der Waals surface area (Å²) in [5, 5.41) is 5.65. The molecule has 4 rings (SSSR count). The smallest absolute Gasteiger partial charge is 0.321 e. The zero-order chi connectivity index (χ0) is 21.3. The lowest BCUT2D eigenvalue weighted by Gasteiger charge is -2.34. The molecule has 158 valence electrons. The van der Waals surface area contributed by atoms with Gasteiger partial charge in [0, 0.05) is 50.6 Å². The van der Waals surface area contributed by atoms with Crippen molar-refractivity contribution in [3.63, 3.8) is 0 Å². The second-order valence-corrected chi connectivity index (χ2v) is 7.47. The number of rotatable bonds is 3. The Morgan fingerprint density at radius 2 is 1.77 bits per heavy atom. The Kier molecular flexibility index (Phi) is 5.35. The highest BCUT2D eigenvalue weighted by atomic mass is 16.3. The molecule has 2 aliphatic rings. The molecule has 9 nitrogen and oxygen atoms in total. The van der Waals surface area contributed by atoms with Crippen LogP contribution >= 0.6 is 0 Å². The van der Waals surface area contributed by atoms with E-state index in [2.05, 4.69) is 10.6 Å². The summed E-state index contributed by atoms with van der Waals surface area (Å²) in [6, 6.07) is 8.62. The molecule has 5 amide bonds. The van der Waals surface area contributed by atoms with Crippen molar-refractivity contribution >= 4 is 29.3 Å². The van der Waals surface area contributed by atoms with Gasteiger partial charge in [-0.2, -0.15) is 0 Å². The number of anilines is 2. The van der Waals surface area contributed by atoms with Crippen LogP contribution in [0.1, 0.15) is 21.9 Å². The van der Waals surface area contributed by atoms with Crippen LogP contribution in [0.25, 0.3) is 0 Å². The van der Waals surface area contributed by atoms with Gasteiger partial charge in [-0.3, -0.25) is 9.69 Å². The Balaban J connectivity index is 1.34. The summed E-state index contributed by atoms with van der Waals surface area (Å²) in [7, 11) is 0. The van der Waals surface area contributed by atoms with E-state index in [1.54, 1.807) is 39.8 Å². The summed E-state index contributed by atoms with van der Waals surface area (Å²) in [4.78, 5) is 42.3. The van der Waals surface area contributed by atoms with Crippen molar-refractivity contribution in [2.75, 3.05) is 49.5 Å². The topological polar surface area (TPSA) is 98.1 Å². The van der Waals surface area contributed by atoms with Crippen LogP contribution in [-0.4, -0.2) is 67.0 Å². The average molecular weight is 411 g/mol. The molecule has 2 fully saturated rings. The van der Waals surface area contributed by atoms with Crippen molar-refractivity contribution in [2.45, 2.75) is 13.8 Å². The Labute approximate surface area is 174 Å². The van der Waals surface area contributed by atoms with E-state index in [1.165, 1.54) is 0 Å². The molecule has 2 aromatic rings. The number of hydrogen-bond acceptors (Lipinski definition) is 4. The van der Waals surface area contributed by atoms with Gasteiger partial charge in [-0.15, -0.1) is 0 Å². The maximum absolute atomic E-state index is 12.7. The first-order valence-corrected chi connectivity index (χ1v) is 10.00. The minimum absolute atomic E-state index is 0.0685. The van der Waals surface area contributed by atoms with E-state index in [0.29, 0.717) is 62.0 Å². The quantitative estimate of drug-likeness (QED) is 0.810. The van der Waals surface area contributed by atoms with Crippen molar-refractivity contribution < 1.29 is 18.8 Å². The molecule has 2 N–H and O–H groups in total. The molecule has 2 aliphatic heterocycles. The number of nitrogens with one attached hydrogen (secondary N) is 2. The van der Waals surface area contributed by atoms with Crippen LogP contribution in [0, 0.1) is 13.8 Å². The van der Waals surface area contributed by atoms with Gasteiger partial charge in [0.25, 0.3) is 5.91 Å². The number of carbonyl (C=O) groups is 3. The summed E-state index contributed by atoms with van der Waals surface area (Å²) in [6.07, 6.45) is 0. The van der Waals surface area contributed by atoms with Crippen molar-refractivity contribution in [3.05, 3.63) is 47.4 Å². The third-order valence-corrected chi connectivity index (χ3v) is 5.39. The number of aryl methyl sites for hydroxylation is 2. The summed E-state index contributed by atoms with van der Waals surface area (Å²) in [5.74, 6) is 1.26. The first-order valence-electron chi connectivity index (χ1n) is 10.00. The number of nitrogens with zero attached hydrogens (tertiary/aromatic N) is 3. The van der Waals surface area contributed by atoms with Gasteiger partial charge in [0.1, 0.15) is 11.5 Å². The predicted octanol–water partition coefficient (Wildman–Crippen LogP) is 2.42. The van der Waals surface area contributed by atoms with Gasteiger partial charge in [0.15, 0.2) is 0 Å². The van der Waals surface area contributed by atoms with Gasteiger partial charge in [0.05, 0.1) is 5.56 Å². The molecule has 3 heterocycles. The second kappa shape index (κ2) is 8.10. The lowest BCUT2D eigenvalue weighted by Crippen LogP contribution is -2.51. The van der Waals surface area contributed by atoms with Crippen LogP contribution in [0.15, 0.2) is 34.7 Å². The molecule has 0 atom stereocenters. The van der Waals surface area contributed by atoms with Gasteiger partial charge in [-0.05, 0) is 38.1 Å². The lowest BCUT2D eigenvalue weighted by molar-refractivity contribution is 0.0670. The highest BCUT2D eigenvalue weighted by Crippen LogP contribution is 2.22. The average Bonchev–Trinajstić information content (AvgIpc) is 3.32. The molecule has 0 unspecified atom stereocenters.